The molecule has 0 bridgehead atoms. The van der Waals surface area contributed by atoms with Gasteiger partial charge in [0.15, 0.2) is 0 Å². The van der Waals surface area contributed by atoms with Crippen molar-refractivity contribution in [2.24, 2.45) is 5.92 Å². The molecule has 2 rings (SSSR count). The van der Waals surface area contributed by atoms with Crippen LogP contribution in [0.25, 0.3) is 0 Å². The van der Waals surface area contributed by atoms with Gasteiger partial charge in [-0.25, -0.2) is 4.68 Å². The minimum Gasteiger partial charge on any atom is -0.381 e. The Morgan fingerprint density at radius 2 is 2.47 bits per heavy atom. The molecule has 5 nitrogen and oxygen atoms in total. The van der Waals surface area contributed by atoms with Crippen molar-refractivity contribution in [3.05, 3.63) is 28.2 Å². The molecule has 2 atom stereocenters. The zero-order chi connectivity index (χ0) is 13.7. The highest BCUT2D eigenvalue weighted by Crippen LogP contribution is 2.17. The van der Waals surface area contributed by atoms with Gasteiger partial charge in [-0.05, 0) is 31.9 Å². The maximum absolute atomic E-state index is 11.9. The van der Waals surface area contributed by atoms with E-state index in [-0.39, 0.29) is 11.6 Å². The second-order valence-corrected chi connectivity index (χ2v) is 5.24. The van der Waals surface area contributed by atoms with Crippen molar-refractivity contribution in [3.63, 3.8) is 0 Å². The van der Waals surface area contributed by atoms with E-state index < -0.39 is 0 Å². The van der Waals surface area contributed by atoms with Crippen molar-refractivity contribution in [1.82, 2.24) is 15.1 Å². The lowest BCUT2D eigenvalue weighted by molar-refractivity contribution is 0.172. The summed E-state index contributed by atoms with van der Waals surface area (Å²) >= 11 is 0. The highest BCUT2D eigenvalue weighted by molar-refractivity contribution is 5.02. The molecule has 1 N–H and O–H groups in total. The zero-order valence-corrected chi connectivity index (χ0v) is 11.8. The van der Waals surface area contributed by atoms with Gasteiger partial charge in [0, 0.05) is 24.6 Å². The Labute approximate surface area is 114 Å². The van der Waals surface area contributed by atoms with Crippen LogP contribution in [-0.4, -0.2) is 35.6 Å². The largest absolute Gasteiger partial charge is 0.381 e. The van der Waals surface area contributed by atoms with E-state index in [0.29, 0.717) is 12.5 Å². The number of aromatic nitrogens is 2. The number of nitrogens with zero attached hydrogens (tertiary/aromatic N) is 2. The number of hydrogen-bond donors (Lipinski definition) is 1. The second kappa shape index (κ2) is 6.82. The second-order valence-electron chi connectivity index (χ2n) is 5.24. The predicted molar refractivity (Wildman–Crippen MR) is 74.2 cm³/mol. The molecule has 1 saturated heterocycles. The van der Waals surface area contributed by atoms with Crippen LogP contribution in [0.4, 0.5) is 0 Å². The quantitative estimate of drug-likeness (QED) is 0.832. The molecule has 0 radical (unpaired) electrons. The van der Waals surface area contributed by atoms with E-state index in [4.69, 9.17) is 4.74 Å². The van der Waals surface area contributed by atoms with E-state index in [1.807, 2.05) is 6.92 Å². The number of ether oxygens (including phenoxy) is 1. The van der Waals surface area contributed by atoms with Gasteiger partial charge < -0.3 is 10.1 Å². The third-order valence-corrected chi connectivity index (χ3v) is 3.57. The summed E-state index contributed by atoms with van der Waals surface area (Å²) in [5.41, 5.74) is 0.880. The number of rotatable bonds is 6. The zero-order valence-electron chi connectivity index (χ0n) is 11.8. The lowest BCUT2D eigenvalue weighted by atomic mass is 9.99. The smallest absolute Gasteiger partial charge is 0.267 e. The van der Waals surface area contributed by atoms with Crippen LogP contribution in [0.2, 0.25) is 0 Å². The standard InChI is InChI=1S/C14H23N3O2/c1-3-5-15-13(12-4-6-19-10-12)9-17-14(18)7-11(2)8-16-17/h7-8,12-13,15H,3-6,9-10H2,1-2H3. The summed E-state index contributed by atoms with van der Waals surface area (Å²) in [5, 5.41) is 7.74. The third kappa shape index (κ3) is 3.88. The van der Waals surface area contributed by atoms with Crippen molar-refractivity contribution < 1.29 is 4.74 Å². The Bertz CT molecular complexity index is 452. The molecule has 1 aliphatic rings. The van der Waals surface area contributed by atoms with E-state index in [0.717, 1.165) is 38.2 Å². The number of hydrogen-bond acceptors (Lipinski definition) is 4. The molecule has 106 valence electrons. The molecular formula is C14H23N3O2. The molecule has 0 saturated carbocycles. The maximum atomic E-state index is 11.9. The molecule has 19 heavy (non-hydrogen) atoms. The van der Waals surface area contributed by atoms with E-state index in [1.54, 1.807) is 16.9 Å². The number of aryl methyl sites for hydroxylation is 1. The predicted octanol–water partition coefficient (Wildman–Crippen LogP) is 0.956. The van der Waals surface area contributed by atoms with Gasteiger partial charge in [0.05, 0.1) is 19.3 Å². The van der Waals surface area contributed by atoms with Crippen LogP contribution >= 0.6 is 0 Å². The van der Waals surface area contributed by atoms with Crippen molar-refractivity contribution in [2.45, 2.75) is 39.3 Å². The molecular weight excluding hydrogens is 242 g/mol. The van der Waals surface area contributed by atoms with Crippen LogP contribution < -0.4 is 10.9 Å². The fourth-order valence-electron chi connectivity index (χ4n) is 2.43. The summed E-state index contributed by atoms with van der Waals surface area (Å²) in [6, 6.07) is 1.89. The van der Waals surface area contributed by atoms with E-state index in [1.165, 1.54) is 0 Å². The van der Waals surface area contributed by atoms with Crippen molar-refractivity contribution in [2.75, 3.05) is 19.8 Å². The molecule has 0 aromatic carbocycles. The van der Waals surface area contributed by atoms with E-state index in [2.05, 4.69) is 17.3 Å². The normalized spacial score (nSPS) is 20.6. The average Bonchev–Trinajstić information content (AvgIpc) is 2.90. The van der Waals surface area contributed by atoms with Gasteiger partial charge in [0.1, 0.15) is 0 Å². The summed E-state index contributed by atoms with van der Waals surface area (Å²) in [6.07, 6.45) is 3.88. The molecule has 2 unspecified atom stereocenters. The first-order chi connectivity index (χ1) is 9.20. The molecule has 1 aromatic rings. The summed E-state index contributed by atoms with van der Waals surface area (Å²) in [5.74, 6) is 0.474. The van der Waals surface area contributed by atoms with Crippen molar-refractivity contribution >= 4 is 0 Å². The average molecular weight is 265 g/mol. The fraction of sp³-hybridized carbons (Fsp3) is 0.714. The van der Waals surface area contributed by atoms with Crippen LogP contribution in [0, 0.1) is 12.8 Å². The first-order valence-electron chi connectivity index (χ1n) is 7.05. The highest BCUT2D eigenvalue weighted by atomic mass is 16.5. The Kier molecular flexibility index (Phi) is 5.10. The first kappa shape index (κ1) is 14.2. The van der Waals surface area contributed by atoms with E-state index in [9.17, 15) is 4.79 Å². The molecule has 0 aliphatic carbocycles. The molecule has 5 heteroatoms. The van der Waals surface area contributed by atoms with Crippen LogP contribution in [0.5, 0.6) is 0 Å². The summed E-state index contributed by atoms with van der Waals surface area (Å²) in [4.78, 5) is 11.9. The number of nitrogens with one attached hydrogen (secondary N) is 1. The Hall–Kier alpha value is -1.20. The van der Waals surface area contributed by atoms with Crippen LogP contribution in [0.15, 0.2) is 17.1 Å². The Morgan fingerprint density at radius 3 is 3.11 bits per heavy atom. The SMILES string of the molecule is CCCNC(Cn1ncc(C)cc1=O)C1CCOC1. The Balaban J connectivity index is 2.07. The first-order valence-corrected chi connectivity index (χ1v) is 7.05. The molecule has 1 fully saturated rings. The van der Waals surface area contributed by atoms with Crippen molar-refractivity contribution in [3.8, 4) is 0 Å². The minimum atomic E-state index is -0.0257. The van der Waals surface area contributed by atoms with Crippen LogP contribution in [0.3, 0.4) is 0 Å². The summed E-state index contributed by atoms with van der Waals surface area (Å²) in [7, 11) is 0. The fourth-order valence-corrected chi connectivity index (χ4v) is 2.43. The molecule has 1 aromatic heterocycles. The van der Waals surface area contributed by atoms with E-state index >= 15 is 0 Å². The lowest BCUT2D eigenvalue weighted by Crippen LogP contribution is -2.43. The van der Waals surface area contributed by atoms with Crippen LogP contribution in [-0.2, 0) is 11.3 Å². The van der Waals surface area contributed by atoms with Gasteiger partial charge in [0.25, 0.3) is 5.56 Å². The van der Waals surface area contributed by atoms with Crippen molar-refractivity contribution in [1.29, 1.82) is 0 Å². The summed E-state index contributed by atoms with van der Waals surface area (Å²) in [6.45, 7) is 7.21. The lowest BCUT2D eigenvalue weighted by Gasteiger charge is -2.24. The summed E-state index contributed by atoms with van der Waals surface area (Å²) < 4.78 is 7.01. The minimum absolute atomic E-state index is 0.0257. The van der Waals surface area contributed by atoms with Gasteiger partial charge in [-0.15, -0.1) is 0 Å². The Morgan fingerprint density at radius 1 is 1.63 bits per heavy atom. The van der Waals surface area contributed by atoms with Gasteiger partial charge in [-0.2, -0.15) is 5.10 Å². The molecule has 2 heterocycles. The molecule has 0 spiro atoms. The molecule has 1 aliphatic heterocycles. The van der Waals surface area contributed by atoms with Gasteiger partial charge >= 0.3 is 0 Å². The highest BCUT2D eigenvalue weighted by Gasteiger charge is 2.26. The monoisotopic (exact) mass is 265 g/mol. The van der Waals surface area contributed by atoms with Gasteiger partial charge in [-0.3, -0.25) is 4.79 Å². The third-order valence-electron chi connectivity index (χ3n) is 3.57. The maximum Gasteiger partial charge on any atom is 0.267 e. The van der Waals surface area contributed by atoms with Gasteiger partial charge in [0.2, 0.25) is 0 Å². The van der Waals surface area contributed by atoms with Crippen LogP contribution in [0.1, 0.15) is 25.3 Å². The molecule has 0 amide bonds. The topological polar surface area (TPSA) is 56.2 Å². The van der Waals surface area contributed by atoms with Gasteiger partial charge in [-0.1, -0.05) is 6.92 Å².